The summed E-state index contributed by atoms with van der Waals surface area (Å²) in [4.78, 5) is 36.0. The van der Waals surface area contributed by atoms with Crippen molar-refractivity contribution in [1.29, 1.82) is 0 Å². The van der Waals surface area contributed by atoms with Crippen molar-refractivity contribution in [2.24, 2.45) is 0 Å². The van der Waals surface area contributed by atoms with E-state index in [0.717, 1.165) is 11.1 Å². The van der Waals surface area contributed by atoms with E-state index in [0.29, 0.717) is 5.56 Å². The normalized spacial score (nSPS) is 11.5. The second-order valence-corrected chi connectivity index (χ2v) is 6.28. The van der Waals surface area contributed by atoms with Crippen LogP contribution >= 0.6 is 0 Å². The second-order valence-electron chi connectivity index (χ2n) is 6.28. The first-order chi connectivity index (χ1) is 12.7. The number of amides is 1. The fourth-order valence-electron chi connectivity index (χ4n) is 2.68. The molecule has 27 heavy (non-hydrogen) atoms. The molecular formula is C19H21N3O5. The van der Waals surface area contributed by atoms with Crippen molar-refractivity contribution in [2.45, 2.75) is 19.9 Å². The molecule has 0 radical (unpaired) electrons. The summed E-state index contributed by atoms with van der Waals surface area (Å²) in [5.41, 5.74) is 2.55. The van der Waals surface area contributed by atoms with Gasteiger partial charge in [0.05, 0.1) is 11.5 Å². The largest absolute Gasteiger partial charge is 0.479 e. The number of hydrogen-bond donors (Lipinski definition) is 2. The summed E-state index contributed by atoms with van der Waals surface area (Å²) < 4.78 is 0. The fourth-order valence-corrected chi connectivity index (χ4v) is 2.68. The van der Waals surface area contributed by atoms with Crippen molar-refractivity contribution >= 4 is 23.3 Å². The average Bonchev–Trinajstić information content (AvgIpc) is 2.61. The summed E-state index contributed by atoms with van der Waals surface area (Å²) in [5, 5.41) is 23.1. The number of nitro benzene ring substituents is 1. The molecule has 2 aromatic rings. The first kappa shape index (κ1) is 19.9. The van der Waals surface area contributed by atoms with Crippen LogP contribution in [0.4, 0.5) is 11.4 Å². The summed E-state index contributed by atoms with van der Waals surface area (Å²) in [6, 6.07) is 10.0. The first-order valence-electron chi connectivity index (χ1n) is 8.24. The smallest absolute Gasteiger partial charge is 0.330 e. The fraction of sp³-hybridized carbons (Fsp3) is 0.263. The van der Waals surface area contributed by atoms with Crippen LogP contribution in [0.5, 0.6) is 0 Å². The quantitative estimate of drug-likeness (QED) is 0.571. The van der Waals surface area contributed by atoms with Gasteiger partial charge in [-0.2, -0.15) is 0 Å². The summed E-state index contributed by atoms with van der Waals surface area (Å²) in [7, 11) is 1.54. The van der Waals surface area contributed by atoms with E-state index in [1.165, 1.54) is 30.1 Å². The molecule has 1 unspecified atom stereocenters. The number of carboxylic acid groups (broad SMARTS) is 1. The third-order valence-electron chi connectivity index (χ3n) is 4.29. The summed E-state index contributed by atoms with van der Waals surface area (Å²) in [6.07, 6.45) is 0. The number of likely N-dealkylation sites (N-methyl/N-ethyl adjacent to an activating group) is 1. The van der Waals surface area contributed by atoms with Crippen LogP contribution in [0.15, 0.2) is 42.5 Å². The molecule has 0 aliphatic heterocycles. The molecule has 0 aromatic heterocycles. The number of aliphatic carboxylic acids is 1. The number of aryl methyl sites for hydroxylation is 2. The van der Waals surface area contributed by atoms with E-state index in [4.69, 9.17) is 0 Å². The highest BCUT2D eigenvalue weighted by molar-refractivity contribution is 5.87. The summed E-state index contributed by atoms with van der Waals surface area (Å²) in [6.45, 7) is 3.55. The van der Waals surface area contributed by atoms with Crippen LogP contribution in [-0.2, 0) is 9.59 Å². The molecule has 0 heterocycles. The Kier molecular flexibility index (Phi) is 6.12. The Labute approximate surface area is 156 Å². The number of nitrogens with zero attached hydrogens (tertiary/aromatic N) is 2. The Morgan fingerprint density at radius 3 is 2.44 bits per heavy atom. The van der Waals surface area contributed by atoms with Gasteiger partial charge in [0.25, 0.3) is 5.69 Å². The number of para-hydroxylation sites is 2. The molecule has 0 aliphatic rings. The zero-order chi connectivity index (χ0) is 20.1. The van der Waals surface area contributed by atoms with Crippen LogP contribution < -0.4 is 10.2 Å². The molecule has 142 valence electrons. The van der Waals surface area contributed by atoms with Gasteiger partial charge in [-0.05, 0) is 36.6 Å². The van der Waals surface area contributed by atoms with Gasteiger partial charge in [0.2, 0.25) is 5.91 Å². The van der Waals surface area contributed by atoms with Crippen molar-refractivity contribution in [2.75, 3.05) is 18.5 Å². The van der Waals surface area contributed by atoms with Gasteiger partial charge in [-0.25, -0.2) is 4.79 Å². The zero-order valence-corrected chi connectivity index (χ0v) is 15.3. The Morgan fingerprint density at radius 1 is 1.19 bits per heavy atom. The molecule has 2 aromatic carbocycles. The maximum atomic E-state index is 12.4. The highest BCUT2D eigenvalue weighted by Crippen LogP contribution is 2.26. The lowest BCUT2D eigenvalue weighted by atomic mass is 10.0. The Hall–Kier alpha value is -3.42. The van der Waals surface area contributed by atoms with Crippen molar-refractivity contribution in [3.63, 3.8) is 0 Å². The summed E-state index contributed by atoms with van der Waals surface area (Å²) >= 11 is 0. The average molecular weight is 371 g/mol. The maximum Gasteiger partial charge on any atom is 0.330 e. The molecule has 0 saturated heterocycles. The van der Waals surface area contributed by atoms with E-state index in [1.54, 1.807) is 24.3 Å². The lowest BCUT2D eigenvalue weighted by Crippen LogP contribution is -2.40. The molecule has 1 amide bonds. The zero-order valence-electron chi connectivity index (χ0n) is 15.3. The van der Waals surface area contributed by atoms with Gasteiger partial charge in [-0.3, -0.25) is 14.9 Å². The number of carboxylic acids is 1. The van der Waals surface area contributed by atoms with Crippen molar-refractivity contribution in [3.05, 3.63) is 69.3 Å². The van der Waals surface area contributed by atoms with E-state index in [-0.39, 0.29) is 17.9 Å². The van der Waals surface area contributed by atoms with E-state index in [1.807, 2.05) is 13.8 Å². The predicted molar refractivity (Wildman–Crippen MR) is 101 cm³/mol. The number of nitrogens with one attached hydrogen (secondary N) is 1. The maximum absolute atomic E-state index is 12.4. The van der Waals surface area contributed by atoms with Crippen LogP contribution in [0.1, 0.15) is 22.7 Å². The van der Waals surface area contributed by atoms with Crippen LogP contribution in [0.3, 0.4) is 0 Å². The number of rotatable bonds is 7. The van der Waals surface area contributed by atoms with Gasteiger partial charge in [0.1, 0.15) is 5.69 Å². The molecule has 2 rings (SSSR count). The van der Waals surface area contributed by atoms with E-state index in [2.05, 4.69) is 5.32 Å². The van der Waals surface area contributed by atoms with Gasteiger partial charge in [-0.1, -0.05) is 30.3 Å². The molecule has 0 spiro atoms. The number of anilines is 1. The predicted octanol–water partition coefficient (Wildman–Crippen LogP) is 2.59. The number of carbonyl (C=O) groups is 2. The van der Waals surface area contributed by atoms with Crippen molar-refractivity contribution in [3.8, 4) is 0 Å². The van der Waals surface area contributed by atoms with Gasteiger partial charge in [-0.15, -0.1) is 0 Å². The third-order valence-corrected chi connectivity index (χ3v) is 4.29. The molecular weight excluding hydrogens is 350 g/mol. The van der Waals surface area contributed by atoms with E-state index < -0.39 is 22.8 Å². The second kappa shape index (κ2) is 8.31. The molecule has 1 atom stereocenters. The van der Waals surface area contributed by atoms with Crippen LogP contribution in [0, 0.1) is 24.0 Å². The number of nitro groups is 1. The molecule has 0 fully saturated rings. The first-order valence-corrected chi connectivity index (χ1v) is 8.24. The van der Waals surface area contributed by atoms with Crippen molar-refractivity contribution < 1.29 is 19.6 Å². The molecule has 8 nitrogen and oxygen atoms in total. The molecule has 0 bridgehead atoms. The number of carbonyl (C=O) groups excluding carboxylic acids is 1. The SMILES string of the molecule is Cc1ccc(C(NC(=O)CN(C)c2ccccc2[N+](=O)[O-])C(=O)O)cc1C. The van der Waals surface area contributed by atoms with Crippen LogP contribution in [0.25, 0.3) is 0 Å². The Balaban J connectivity index is 2.16. The van der Waals surface area contributed by atoms with Gasteiger partial charge >= 0.3 is 5.97 Å². The van der Waals surface area contributed by atoms with Crippen LogP contribution in [0.2, 0.25) is 0 Å². The molecule has 0 saturated carbocycles. The Morgan fingerprint density at radius 2 is 1.85 bits per heavy atom. The summed E-state index contributed by atoms with van der Waals surface area (Å²) in [5.74, 6) is -1.73. The highest BCUT2D eigenvalue weighted by Gasteiger charge is 2.24. The highest BCUT2D eigenvalue weighted by atomic mass is 16.6. The van der Waals surface area contributed by atoms with Crippen LogP contribution in [-0.4, -0.2) is 35.5 Å². The minimum atomic E-state index is -1.20. The number of benzene rings is 2. The minimum absolute atomic E-state index is 0.128. The molecule has 2 N–H and O–H groups in total. The van der Waals surface area contributed by atoms with Gasteiger partial charge in [0, 0.05) is 13.1 Å². The minimum Gasteiger partial charge on any atom is -0.479 e. The van der Waals surface area contributed by atoms with Crippen molar-refractivity contribution in [1.82, 2.24) is 5.32 Å². The van der Waals surface area contributed by atoms with Gasteiger partial charge in [0.15, 0.2) is 6.04 Å². The van der Waals surface area contributed by atoms with Gasteiger partial charge < -0.3 is 15.3 Å². The third kappa shape index (κ3) is 4.81. The lowest BCUT2D eigenvalue weighted by Gasteiger charge is -2.21. The molecule has 0 aliphatic carbocycles. The molecule has 8 heteroatoms. The standard InChI is InChI=1S/C19H21N3O5/c1-12-8-9-14(10-13(12)2)18(19(24)25)20-17(23)11-21(3)15-6-4-5-7-16(15)22(26)27/h4-10,18H,11H2,1-3H3,(H,20,23)(H,24,25). The topological polar surface area (TPSA) is 113 Å². The monoisotopic (exact) mass is 371 g/mol. The van der Waals surface area contributed by atoms with E-state index in [9.17, 15) is 24.8 Å². The lowest BCUT2D eigenvalue weighted by molar-refractivity contribution is -0.384. The van der Waals surface area contributed by atoms with E-state index >= 15 is 0 Å². The Bertz CT molecular complexity index is 881. The number of hydrogen-bond acceptors (Lipinski definition) is 5.